The molecule has 0 saturated carbocycles. The van der Waals surface area contributed by atoms with Crippen molar-refractivity contribution >= 4 is 22.1 Å². The summed E-state index contributed by atoms with van der Waals surface area (Å²) in [7, 11) is 0. The average molecular weight is 934 g/mol. The molecule has 0 saturated heterocycles. The Morgan fingerprint density at radius 2 is 0.567 bits per heavy atom. The van der Waals surface area contributed by atoms with E-state index in [2.05, 4.69) is 246 Å². The van der Waals surface area contributed by atoms with Crippen LogP contribution in [0.4, 0.5) is 0 Å². The van der Waals surface area contributed by atoms with Crippen molar-refractivity contribution < 1.29 is 0 Å². The van der Waals surface area contributed by atoms with Crippen LogP contribution in [-0.4, -0.2) is 9.97 Å². The Kier molecular flexibility index (Phi) is 33.5. The highest BCUT2D eigenvalue weighted by Gasteiger charge is 2.11. The maximum Gasteiger partial charge on any atom is 0.0429 e. The van der Waals surface area contributed by atoms with E-state index in [0.29, 0.717) is 59.2 Å². The molecule has 3 aromatic carbocycles. The highest BCUT2D eigenvalue weighted by molar-refractivity contribution is 7.12. The van der Waals surface area contributed by atoms with Gasteiger partial charge in [0.25, 0.3) is 0 Å². The molecule has 3 heterocycles. The number of pyridine rings is 2. The maximum absolute atomic E-state index is 4.40. The van der Waals surface area contributed by atoms with Crippen molar-refractivity contribution in [3.63, 3.8) is 0 Å². The molecule has 376 valence electrons. The monoisotopic (exact) mass is 933 g/mol. The molecule has 0 aliphatic carbocycles. The standard InChI is InChI=1S/C16H20.C12H18.2C11H17N.C10H16S.4CH4/c1-11(2)13-9-10-14(12(3)4)16-8-6-5-7-15(13)16;1-9(2)11-5-7-12(8-6-11)10(3)4;2*1-8(2)10-5-6-11(9(3)4)12-7-10;1-7(2)9-5-6-10(11-9)8(3)4;;;;/h5-12H,1-4H3;5-10H,1-4H3;2*5-9H,1-4H3;5-8H,1-4H3;4*1H4. The van der Waals surface area contributed by atoms with Gasteiger partial charge in [0.1, 0.15) is 0 Å². The van der Waals surface area contributed by atoms with E-state index in [9.17, 15) is 0 Å². The molecule has 0 spiro atoms. The lowest BCUT2D eigenvalue weighted by molar-refractivity contribution is 0.802. The molecule has 67 heavy (non-hydrogen) atoms. The van der Waals surface area contributed by atoms with E-state index in [1.807, 2.05) is 23.7 Å². The number of aromatic nitrogens is 2. The number of hydrogen-bond acceptors (Lipinski definition) is 3. The van der Waals surface area contributed by atoms with Crippen molar-refractivity contribution in [1.29, 1.82) is 0 Å². The van der Waals surface area contributed by atoms with Crippen LogP contribution in [0.15, 0.2) is 109 Å². The summed E-state index contributed by atoms with van der Waals surface area (Å²) >= 11 is 1.95. The van der Waals surface area contributed by atoms with Crippen LogP contribution in [0.25, 0.3) is 10.8 Å². The van der Waals surface area contributed by atoms with Crippen molar-refractivity contribution in [2.45, 2.75) is 227 Å². The lowest BCUT2D eigenvalue weighted by atomic mass is 9.89. The molecule has 0 radical (unpaired) electrons. The van der Waals surface area contributed by atoms with Gasteiger partial charge in [0.15, 0.2) is 0 Å². The van der Waals surface area contributed by atoms with Crippen LogP contribution in [0.2, 0.25) is 0 Å². The summed E-state index contributed by atoms with van der Waals surface area (Å²) in [6, 6.07) is 35.4. The molecule has 0 amide bonds. The van der Waals surface area contributed by atoms with E-state index >= 15 is 0 Å². The molecule has 6 aromatic rings. The van der Waals surface area contributed by atoms with Crippen molar-refractivity contribution in [2.24, 2.45) is 0 Å². The van der Waals surface area contributed by atoms with Crippen molar-refractivity contribution in [1.82, 2.24) is 9.97 Å². The fourth-order valence-electron chi connectivity index (χ4n) is 6.81. The minimum Gasteiger partial charge on any atom is -0.261 e. The van der Waals surface area contributed by atoms with E-state index in [1.165, 1.54) is 65.3 Å². The van der Waals surface area contributed by atoms with Crippen LogP contribution >= 0.6 is 11.3 Å². The van der Waals surface area contributed by atoms with Crippen LogP contribution in [0.1, 0.15) is 282 Å². The Hall–Kier alpha value is -4.08. The number of rotatable bonds is 10. The quantitative estimate of drug-likeness (QED) is 0.137. The van der Waals surface area contributed by atoms with Gasteiger partial charge >= 0.3 is 0 Å². The molecular weight excluding hydrogens is 829 g/mol. The van der Waals surface area contributed by atoms with Gasteiger partial charge < -0.3 is 0 Å². The topological polar surface area (TPSA) is 25.8 Å². The van der Waals surface area contributed by atoms with E-state index < -0.39 is 0 Å². The zero-order chi connectivity index (χ0) is 47.6. The summed E-state index contributed by atoms with van der Waals surface area (Å²) in [5.41, 5.74) is 10.8. The van der Waals surface area contributed by atoms with E-state index in [1.54, 1.807) is 0 Å². The summed E-state index contributed by atoms with van der Waals surface area (Å²) in [5.74, 6) is 6.07. The van der Waals surface area contributed by atoms with Crippen LogP contribution in [-0.2, 0) is 0 Å². The normalized spacial score (nSPS) is 10.7. The minimum absolute atomic E-state index is 0. The first-order valence-electron chi connectivity index (χ1n) is 24.2. The SMILES string of the molecule is C.C.C.C.CC(C)c1ccc(C(C)C)c2ccccc12.CC(C)c1ccc(C(C)C)cc1.CC(C)c1ccc(C(C)C)nc1.CC(C)c1ccc(C(C)C)nc1.CC(C)c1ccc(C(C)C)s1. The second-order valence-corrected chi connectivity index (χ2v) is 21.4. The van der Waals surface area contributed by atoms with Gasteiger partial charge in [-0.3, -0.25) is 9.97 Å². The predicted octanol–water partition coefficient (Wildman–Crippen LogP) is 22.2. The molecule has 2 nitrogen and oxygen atoms in total. The molecule has 6 rings (SSSR count). The zero-order valence-electron chi connectivity index (χ0n) is 43.5. The summed E-state index contributed by atoms with van der Waals surface area (Å²) in [6.45, 7) is 44.3. The van der Waals surface area contributed by atoms with Crippen LogP contribution in [0.5, 0.6) is 0 Å². The van der Waals surface area contributed by atoms with Crippen molar-refractivity contribution in [3.8, 4) is 0 Å². The Labute approximate surface area is 421 Å². The lowest BCUT2D eigenvalue weighted by Gasteiger charge is -2.15. The molecule has 0 fully saturated rings. The summed E-state index contributed by atoms with van der Waals surface area (Å²) in [5, 5.41) is 2.84. The summed E-state index contributed by atoms with van der Waals surface area (Å²) in [6.07, 6.45) is 3.97. The summed E-state index contributed by atoms with van der Waals surface area (Å²) < 4.78 is 0. The molecular formula is C64H104N2S. The lowest BCUT2D eigenvalue weighted by Crippen LogP contribution is -1.95. The number of nitrogens with zero attached hydrogens (tertiary/aromatic N) is 2. The second-order valence-electron chi connectivity index (χ2n) is 20.3. The van der Waals surface area contributed by atoms with E-state index in [0.717, 1.165) is 0 Å². The van der Waals surface area contributed by atoms with Crippen LogP contribution in [0, 0.1) is 0 Å². The highest BCUT2D eigenvalue weighted by atomic mass is 32.1. The fraction of sp³-hybridized carbons (Fsp3) is 0.531. The van der Waals surface area contributed by atoms with Gasteiger partial charge in [0, 0.05) is 33.5 Å². The van der Waals surface area contributed by atoms with Gasteiger partial charge in [-0.15, -0.1) is 11.3 Å². The van der Waals surface area contributed by atoms with Crippen LogP contribution < -0.4 is 0 Å². The molecule has 0 atom stereocenters. The van der Waals surface area contributed by atoms with Gasteiger partial charge in [-0.2, -0.15) is 0 Å². The third kappa shape index (κ3) is 22.7. The van der Waals surface area contributed by atoms with Gasteiger partial charge in [-0.05, 0) is 128 Å². The van der Waals surface area contributed by atoms with E-state index in [4.69, 9.17) is 0 Å². The number of benzene rings is 3. The first-order chi connectivity index (χ1) is 29.5. The Morgan fingerprint density at radius 1 is 0.284 bits per heavy atom. The Morgan fingerprint density at radius 3 is 0.761 bits per heavy atom. The molecule has 0 unspecified atom stereocenters. The minimum atomic E-state index is 0. The van der Waals surface area contributed by atoms with Gasteiger partial charge in [0.05, 0.1) is 0 Å². The highest BCUT2D eigenvalue weighted by Crippen LogP contribution is 2.32. The molecule has 0 bridgehead atoms. The second kappa shape index (κ2) is 33.4. The third-order valence-corrected chi connectivity index (χ3v) is 13.1. The Bertz CT molecular complexity index is 1840. The van der Waals surface area contributed by atoms with Crippen LogP contribution in [0.3, 0.4) is 0 Å². The first-order valence-corrected chi connectivity index (χ1v) is 25.0. The van der Waals surface area contributed by atoms with Crippen molar-refractivity contribution in [2.75, 3.05) is 0 Å². The average Bonchev–Trinajstić information content (AvgIpc) is 3.76. The number of hydrogen-bond donors (Lipinski definition) is 0. The van der Waals surface area contributed by atoms with Crippen molar-refractivity contribution in [3.05, 3.63) is 164 Å². The zero-order valence-corrected chi connectivity index (χ0v) is 44.3. The molecule has 0 aliphatic rings. The number of thiophene rings is 1. The third-order valence-electron chi connectivity index (χ3n) is 11.4. The Balaban J connectivity index is -0.000000758. The fourth-order valence-corrected chi connectivity index (χ4v) is 7.82. The molecule has 0 N–H and O–H groups in total. The molecule has 3 heteroatoms. The van der Waals surface area contributed by atoms with Gasteiger partial charge in [-0.25, -0.2) is 0 Å². The first kappa shape index (κ1) is 67.2. The van der Waals surface area contributed by atoms with Gasteiger partial charge in [-0.1, -0.05) is 241 Å². The number of fused-ring (bicyclic) bond motifs is 1. The maximum atomic E-state index is 4.40. The van der Waals surface area contributed by atoms with Gasteiger partial charge in [0.2, 0.25) is 0 Å². The smallest absolute Gasteiger partial charge is 0.0429 e. The largest absolute Gasteiger partial charge is 0.261 e. The predicted molar refractivity (Wildman–Crippen MR) is 311 cm³/mol. The summed E-state index contributed by atoms with van der Waals surface area (Å²) in [4.78, 5) is 11.8. The molecule has 0 aliphatic heterocycles. The van der Waals surface area contributed by atoms with E-state index in [-0.39, 0.29) is 29.7 Å². The molecule has 3 aromatic heterocycles.